The van der Waals surface area contributed by atoms with Gasteiger partial charge in [0.25, 0.3) is 0 Å². The number of fused-ring (bicyclic) bond motifs is 1. The van der Waals surface area contributed by atoms with Crippen molar-refractivity contribution in [1.29, 1.82) is 0 Å². The largest absolute Gasteiger partial charge is 0.480 e. The molecule has 1 aliphatic heterocycles. The highest BCUT2D eigenvalue weighted by Gasteiger charge is 2.43. The number of aliphatic hydroxyl groups is 1. The zero-order chi connectivity index (χ0) is 14.0. The van der Waals surface area contributed by atoms with Gasteiger partial charge in [-0.2, -0.15) is 0 Å². The lowest BCUT2D eigenvalue weighted by atomic mass is 10.00. The lowest BCUT2D eigenvalue weighted by Crippen LogP contribution is -2.47. The number of aliphatic carboxylic acids is 1. The molecule has 6 heteroatoms. The maximum atomic E-state index is 12.0. The molecule has 0 spiro atoms. The molecule has 0 aromatic rings. The van der Waals surface area contributed by atoms with Gasteiger partial charge in [0.05, 0.1) is 6.10 Å². The van der Waals surface area contributed by atoms with Crippen molar-refractivity contribution in [1.82, 2.24) is 10.2 Å². The molecule has 2 aliphatic rings. The van der Waals surface area contributed by atoms with Crippen LogP contribution in [0.3, 0.4) is 0 Å². The summed E-state index contributed by atoms with van der Waals surface area (Å²) in [7, 11) is 0. The molecule has 1 saturated heterocycles. The first kappa shape index (κ1) is 14.1. The third-order valence-electron chi connectivity index (χ3n) is 4.28. The van der Waals surface area contributed by atoms with E-state index >= 15 is 0 Å². The lowest BCUT2D eigenvalue weighted by molar-refractivity contribution is -0.139. The van der Waals surface area contributed by atoms with E-state index in [4.69, 9.17) is 5.11 Å². The average molecular weight is 270 g/mol. The van der Waals surface area contributed by atoms with E-state index in [0.29, 0.717) is 31.8 Å². The summed E-state index contributed by atoms with van der Waals surface area (Å²) >= 11 is 0. The van der Waals surface area contributed by atoms with E-state index in [9.17, 15) is 14.7 Å². The standard InChI is InChI=1S/C13H22N2O4/c1-2-3-10(12(17)18)14-13(19)15-6-8-4-5-11(16)9(8)7-15/h8-11,16H,2-7H2,1H3,(H,14,19)(H,17,18)/t8?,9?,10-,11?/m1/s1. The van der Waals surface area contributed by atoms with Crippen LogP contribution < -0.4 is 5.32 Å². The molecule has 2 rings (SSSR count). The highest BCUT2D eigenvalue weighted by atomic mass is 16.4. The van der Waals surface area contributed by atoms with Crippen LogP contribution in [0.4, 0.5) is 4.79 Å². The average Bonchev–Trinajstić information content (AvgIpc) is 2.91. The second-order valence-electron chi connectivity index (χ2n) is 5.60. The Kier molecular flexibility index (Phi) is 4.29. The maximum Gasteiger partial charge on any atom is 0.326 e. The summed E-state index contributed by atoms with van der Waals surface area (Å²) in [5.74, 6) is -0.454. The molecule has 0 aromatic heterocycles. The molecular weight excluding hydrogens is 248 g/mol. The number of carboxylic acid groups (broad SMARTS) is 1. The maximum absolute atomic E-state index is 12.0. The monoisotopic (exact) mass is 270 g/mol. The summed E-state index contributed by atoms with van der Waals surface area (Å²) in [5.41, 5.74) is 0. The number of amides is 2. The van der Waals surface area contributed by atoms with E-state index in [1.807, 2.05) is 6.92 Å². The first-order valence-electron chi connectivity index (χ1n) is 6.99. The molecule has 6 nitrogen and oxygen atoms in total. The molecule has 19 heavy (non-hydrogen) atoms. The molecule has 4 atom stereocenters. The zero-order valence-electron chi connectivity index (χ0n) is 11.2. The van der Waals surface area contributed by atoms with Gasteiger partial charge in [-0.25, -0.2) is 9.59 Å². The summed E-state index contributed by atoms with van der Waals surface area (Å²) in [6.07, 6.45) is 2.60. The Hall–Kier alpha value is -1.30. The first-order chi connectivity index (χ1) is 9.02. The molecule has 1 saturated carbocycles. The minimum atomic E-state index is -0.991. The molecule has 0 radical (unpaired) electrons. The number of carbonyl (C=O) groups excluding carboxylic acids is 1. The number of carbonyl (C=O) groups is 2. The van der Waals surface area contributed by atoms with Crippen molar-refractivity contribution in [3.05, 3.63) is 0 Å². The van der Waals surface area contributed by atoms with Crippen molar-refractivity contribution in [3.8, 4) is 0 Å². The fourth-order valence-corrected chi connectivity index (χ4v) is 3.19. The number of hydrogen-bond donors (Lipinski definition) is 3. The normalized spacial score (nSPS) is 31.1. The van der Waals surface area contributed by atoms with Crippen LogP contribution in [0.25, 0.3) is 0 Å². The SMILES string of the molecule is CCC[C@@H](NC(=O)N1CC2CCC(O)C2C1)C(=O)O. The Labute approximate surface area is 112 Å². The van der Waals surface area contributed by atoms with E-state index in [1.165, 1.54) is 0 Å². The molecule has 3 unspecified atom stereocenters. The summed E-state index contributed by atoms with van der Waals surface area (Å²) in [6.45, 7) is 3.06. The van der Waals surface area contributed by atoms with Crippen molar-refractivity contribution < 1.29 is 19.8 Å². The molecule has 0 bridgehead atoms. The topological polar surface area (TPSA) is 89.9 Å². The number of aliphatic hydroxyl groups excluding tert-OH is 1. The van der Waals surface area contributed by atoms with E-state index < -0.39 is 12.0 Å². The Balaban J connectivity index is 1.89. The predicted molar refractivity (Wildman–Crippen MR) is 68.7 cm³/mol. The van der Waals surface area contributed by atoms with Gasteiger partial charge in [-0.15, -0.1) is 0 Å². The third-order valence-corrected chi connectivity index (χ3v) is 4.28. The molecular formula is C13H22N2O4. The summed E-state index contributed by atoms with van der Waals surface area (Å²) in [5, 5.41) is 21.4. The summed E-state index contributed by atoms with van der Waals surface area (Å²) in [4.78, 5) is 24.7. The van der Waals surface area contributed by atoms with Crippen molar-refractivity contribution in [2.24, 2.45) is 11.8 Å². The van der Waals surface area contributed by atoms with Crippen molar-refractivity contribution in [3.63, 3.8) is 0 Å². The quantitative estimate of drug-likeness (QED) is 0.699. The lowest BCUT2D eigenvalue weighted by Gasteiger charge is -2.22. The highest BCUT2D eigenvalue weighted by molar-refractivity contribution is 5.82. The van der Waals surface area contributed by atoms with Crippen LogP contribution in [0.2, 0.25) is 0 Å². The molecule has 108 valence electrons. The number of nitrogens with one attached hydrogen (secondary N) is 1. The van der Waals surface area contributed by atoms with Crippen LogP contribution >= 0.6 is 0 Å². The third kappa shape index (κ3) is 3.00. The molecule has 2 fully saturated rings. The summed E-state index contributed by atoms with van der Waals surface area (Å²) < 4.78 is 0. The predicted octanol–water partition coefficient (Wildman–Crippen LogP) is 0.652. The van der Waals surface area contributed by atoms with Gasteiger partial charge in [0.2, 0.25) is 0 Å². The van der Waals surface area contributed by atoms with Gasteiger partial charge < -0.3 is 20.4 Å². The highest BCUT2D eigenvalue weighted by Crippen LogP contribution is 2.37. The Morgan fingerprint density at radius 1 is 1.37 bits per heavy atom. The molecule has 3 N–H and O–H groups in total. The zero-order valence-corrected chi connectivity index (χ0v) is 11.2. The molecule has 2 amide bonds. The Morgan fingerprint density at radius 2 is 2.11 bits per heavy atom. The van der Waals surface area contributed by atoms with Crippen LogP contribution in [0.15, 0.2) is 0 Å². The molecule has 0 aromatic carbocycles. The second-order valence-corrected chi connectivity index (χ2v) is 5.60. The van der Waals surface area contributed by atoms with Gasteiger partial charge in [-0.1, -0.05) is 13.3 Å². The van der Waals surface area contributed by atoms with Gasteiger partial charge >= 0.3 is 12.0 Å². The molecule has 1 aliphatic carbocycles. The van der Waals surface area contributed by atoms with Crippen molar-refractivity contribution in [2.75, 3.05) is 13.1 Å². The van der Waals surface area contributed by atoms with Gasteiger partial charge in [-0.3, -0.25) is 0 Å². The van der Waals surface area contributed by atoms with Gasteiger partial charge in [-0.05, 0) is 25.2 Å². The van der Waals surface area contributed by atoms with Gasteiger partial charge in [0, 0.05) is 19.0 Å². The Bertz CT molecular complexity index is 361. The number of likely N-dealkylation sites (tertiary alicyclic amines) is 1. The van der Waals surface area contributed by atoms with Gasteiger partial charge in [0.1, 0.15) is 6.04 Å². The van der Waals surface area contributed by atoms with Crippen LogP contribution in [-0.4, -0.2) is 52.3 Å². The van der Waals surface area contributed by atoms with Crippen LogP contribution in [0.5, 0.6) is 0 Å². The number of carboxylic acids is 1. The van der Waals surface area contributed by atoms with Crippen LogP contribution in [0, 0.1) is 11.8 Å². The molecule has 1 heterocycles. The number of urea groups is 1. The second kappa shape index (κ2) is 5.77. The van der Waals surface area contributed by atoms with Crippen LogP contribution in [-0.2, 0) is 4.79 Å². The minimum absolute atomic E-state index is 0.167. The van der Waals surface area contributed by atoms with E-state index in [1.54, 1.807) is 4.90 Å². The van der Waals surface area contributed by atoms with Crippen LogP contribution in [0.1, 0.15) is 32.6 Å². The first-order valence-corrected chi connectivity index (χ1v) is 6.99. The fraction of sp³-hybridized carbons (Fsp3) is 0.846. The minimum Gasteiger partial charge on any atom is -0.480 e. The van der Waals surface area contributed by atoms with E-state index in [2.05, 4.69) is 5.32 Å². The van der Waals surface area contributed by atoms with Crippen molar-refractivity contribution in [2.45, 2.75) is 44.8 Å². The smallest absolute Gasteiger partial charge is 0.326 e. The summed E-state index contributed by atoms with van der Waals surface area (Å²) in [6, 6.07) is -1.13. The number of nitrogens with zero attached hydrogens (tertiary/aromatic N) is 1. The number of hydrogen-bond acceptors (Lipinski definition) is 3. The Morgan fingerprint density at radius 3 is 2.68 bits per heavy atom. The number of rotatable bonds is 4. The van der Waals surface area contributed by atoms with Gasteiger partial charge in [0.15, 0.2) is 0 Å². The van der Waals surface area contributed by atoms with Crippen molar-refractivity contribution >= 4 is 12.0 Å². The van der Waals surface area contributed by atoms with E-state index in [0.717, 1.165) is 12.8 Å². The fourth-order valence-electron chi connectivity index (χ4n) is 3.19. The van der Waals surface area contributed by atoms with E-state index in [-0.39, 0.29) is 18.1 Å².